The van der Waals surface area contributed by atoms with Crippen LogP contribution in [0.2, 0.25) is 0 Å². The van der Waals surface area contributed by atoms with Crippen molar-refractivity contribution in [2.75, 3.05) is 0 Å². The van der Waals surface area contributed by atoms with Gasteiger partial charge in [-0.3, -0.25) is 0 Å². The van der Waals surface area contributed by atoms with E-state index in [9.17, 15) is 0 Å². The largest absolute Gasteiger partial charge is 0.135 e. The summed E-state index contributed by atoms with van der Waals surface area (Å²) in [5.41, 5.74) is 2.76. The van der Waals surface area contributed by atoms with Crippen LogP contribution >= 0.6 is 45.3 Å². The highest BCUT2D eigenvalue weighted by atomic mass is 32.1. The lowest BCUT2D eigenvalue weighted by molar-refractivity contribution is 1.81. The Labute approximate surface area is 224 Å². The van der Waals surface area contributed by atoms with Gasteiger partial charge >= 0.3 is 0 Å². The maximum Gasteiger partial charge on any atom is 0.0542 e. The molecule has 0 nitrogen and oxygen atoms in total. The fraction of sp³-hybridized carbons (Fsp3) is 0. The second kappa shape index (κ2) is 8.12. The van der Waals surface area contributed by atoms with E-state index in [2.05, 4.69) is 109 Å². The maximum absolute atomic E-state index is 2.38. The van der Waals surface area contributed by atoms with Crippen LogP contribution in [0.15, 0.2) is 109 Å². The molecule has 0 saturated carbocycles. The first-order chi connectivity index (χ1) is 17.8. The lowest BCUT2D eigenvalue weighted by atomic mass is 10.0. The first kappa shape index (κ1) is 20.9. The van der Waals surface area contributed by atoms with Gasteiger partial charge in [0.1, 0.15) is 0 Å². The Morgan fingerprint density at radius 1 is 0.361 bits per heavy atom. The topological polar surface area (TPSA) is 0 Å². The highest BCUT2D eigenvalue weighted by Gasteiger charge is 2.24. The Hall–Kier alpha value is -3.28. The third-order valence-electron chi connectivity index (χ3n) is 6.74. The van der Waals surface area contributed by atoms with Crippen molar-refractivity contribution in [3.63, 3.8) is 0 Å². The fourth-order valence-electron chi connectivity index (χ4n) is 5.11. The molecule has 0 aliphatic heterocycles. The Kier molecular flexibility index (Phi) is 4.71. The molecule has 0 unspecified atom stereocenters. The van der Waals surface area contributed by atoms with E-state index in [4.69, 9.17) is 0 Å². The van der Waals surface area contributed by atoms with Gasteiger partial charge in [0.2, 0.25) is 0 Å². The molecule has 0 bridgehead atoms. The molecule has 0 N–H and O–H groups in total. The lowest BCUT2D eigenvalue weighted by Gasteiger charge is -2.06. The van der Waals surface area contributed by atoms with Crippen molar-refractivity contribution in [1.82, 2.24) is 0 Å². The van der Waals surface area contributed by atoms with Crippen LogP contribution in [0.5, 0.6) is 0 Å². The predicted octanol–water partition coefficient (Wildman–Crippen LogP) is 11.5. The van der Waals surface area contributed by atoms with Gasteiger partial charge in [0.05, 0.1) is 4.88 Å². The van der Waals surface area contributed by atoms with Gasteiger partial charge in [-0.05, 0) is 47.2 Å². The Balaban J connectivity index is 1.48. The van der Waals surface area contributed by atoms with Crippen molar-refractivity contribution in [3.8, 4) is 30.6 Å². The van der Waals surface area contributed by atoms with E-state index in [1.807, 2.05) is 45.3 Å². The molecule has 0 aliphatic rings. The van der Waals surface area contributed by atoms with Gasteiger partial charge in [0.15, 0.2) is 0 Å². The standard InChI is InChI=1S/C32H18S4/c1-5-13-23-19(9-1)17-27(33-23)29-21-11-3-7-15-25(21)36-32(29)30-22-12-4-8-16-26(22)35-31(30)28-18-20-10-2-6-14-24(20)34-28/h1-18H. The van der Waals surface area contributed by atoms with Crippen molar-refractivity contribution in [2.45, 2.75) is 0 Å². The molecule has 36 heavy (non-hydrogen) atoms. The summed E-state index contributed by atoms with van der Waals surface area (Å²) < 4.78 is 5.38. The van der Waals surface area contributed by atoms with Crippen molar-refractivity contribution in [2.24, 2.45) is 0 Å². The Morgan fingerprint density at radius 2 is 0.833 bits per heavy atom. The Bertz CT molecular complexity index is 1990. The summed E-state index contributed by atoms with van der Waals surface area (Å²) in [5, 5.41) is 5.34. The summed E-state index contributed by atoms with van der Waals surface area (Å²) in [6.45, 7) is 0. The smallest absolute Gasteiger partial charge is 0.0542 e. The molecule has 0 saturated heterocycles. The number of benzene rings is 4. The van der Waals surface area contributed by atoms with Crippen LogP contribution in [0, 0.1) is 0 Å². The van der Waals surface area contributed by atoms with Crippen LogP contribution < -0.4 is 0 Å². The minimum absolute atomic E-state index is 1.32. The van der Waals surface area contributed by atoms with Crippen LogP contribution in [0.3, 0.4) is 0 Å². The summed E-state index contributed by atoms with van der Waals surface area (Å²) >= 11 is 7.67. The molecule has 4 aromatic heterocycles. The fourth-order valence-corrected chi connectivity index (χ4v) is 10.0. The third kappa shape index (κ3) is 3.16. The zero-order chi connectivity index (χ0) is 23.6. The van der Waals surface area contributed by atoms with Crippen molar-refractivity contribution in [1.29, 1.82) is 0 Å². The molecule has 8 rings (SSSR count). The molecule has 4 aromatic carbocycles. The molecule has 0 atom stereocenters. The molecule has 170 valence electrons. The molecular formula is C32H18S4. The highest BCUT2D eigenvalue weighted by Crippen LogP contribution is 2.55. The summed E-state index contributed by atoms with van der Waals surface area (Å²) in [6, 6.07) is 40.1. The van der Waals surface area contributed by atoms with Gasteiger partial charge in [-0.25, -0.2) is 0 Å². The minimum Gasteiger partial charge on any atom is -0.135 e. The Morgan fingerprint density at radius 3 is 1.47 bits per heavy atom. The molecule has 0 amide bonds. The minimum atomic E-state index is 1.32. The van der Waals surface area contributed by atoms with E-state index in [1.165, 1.54) is 71.0 Å². The molecular weight excluding hydrogens is 513 g/mol. The van der Waals surface area contributed by atoms with Gasteiger partial charge in [-0.2, -0.15) is 0 Å². The zero-order valence-electron chi connectivity index (χ0n) is 19.0. The van der Waals surface area contributed by atoms with E-state index in [1.54, 1.807) is 0 Å². The van der Waals surface area contributed by atoms with Gasteiger partial charge in [-0.15, -0.1) is 45.3 Å². The second-order valence-electron chi connectivity index (χ2n) is 8.90. The number of thiophene rings is 4. The summed E-state index contributed by atoms with van der Waals surface area (Å²) in [6.07, 6.45) is 0. The van der Waals surface area contributed by atoms with Crippen molar-refractivity contribution in [3.05, 3.63) is 109 Å². The summed E-state index contributed by atoms with van der Waals surface area (Å²) in [5.74, 6) is 0. The highest BCUT2D eigenvalue weighted by molar-refractivity contribution is 7.30. The number of hydrogen-bond acceptors (Lipinski definition) is 4. The van der Waals surface area contributed by atoms with Gasteiger partial charge in [0, 0.05) is 55.3 Å². The molecule has 4 heteroatoms. The number of hydrogen-bond donors (Lipinski definition) is 0. The molecule has 0 radical (unpaired) electrons. The van der Waals surface area contributed by atoms with Crippen molar-refractivity contribution < 1.29 is 0 Å². The van der Waals surface area contributed by atoms with Gasteiger partial charge in [0.25, 0.3) is 0 Å². The molecule has 4 heterocycles. The summed E-state index contributed by atoms with van der Waals surface area (Å²) in [4.78, 5) is 5.47. The van der Waals surface area contributed by atoms with E-state index in [-0.39, 0.29) is 0 Å². The third-order valence-corrected chi connectivity index (χ3v) is 11.5. The number of rotatable bonds is 3. The normalized spacial score (nSPS) is 11.9. The summed E-state index contributed by atoms with van der Waals surface area (Å²) in [7, 11) is 0. The first-order valence-electron chi connectivity index (χ1n) is 11.8. The maximum atomic E-state index is 2.38. The van der Waals surface area contributed by atoms with E-state index < -0.39 is 0 Å². The zero-order valence-corrected chi connectivity index (χ0v) is 22.3. The monoisotopic (exact) mass is 530 g/mol. The SMILES string of the molecule is c1ccc2sc(-c3sc4ccccc4c3-c3sc4ccccc4c3-c3cc4ccccc4s3)cc2c1. The van der Waals surface area contributed by atoms with Crippen LogP contribution in [0.1, 0.15) is 0 Å². The van der Waals surface area contributed by atoms with E-state index >= 15 is 0 Å². The van der Waals surface area contributed by atoms with Crippen LogP contribution in [-0.2, 0) is 0 Å². The number of fused-ring (bicyclic) bond motifs is 4. The van der Waals surface area contributed by atoms with Gasteiger partial charge < -0.3 is 0 Å². The van der Waals surface area contributed by atoms with Crippen molar-refractivity contribution >= 4 is 85.7 Å². The van der Waals surface area contributed by atoms with Crippen LogP contribution in [0.4, 0.5) is 0 Å². The molecule has 0 aliphatic carbocycles. The van der Waals surface area contributed by atoms with E-state index in [0.717, 1.165) is 0 Å². The predicted molar refractivity (Wildman–Crippen MR) is 164 cm³/mol. The quantitative estimate of drug-likeness (QED) is 0.213. The van der Waals surface area contributed by atoms with E-state index in [0.29, 0.717) is 0 Å². The average molecular weight is 531 g/mol. The van der Waals surface area contributed by atoms with Crippen LogP contribution in [-0.4, -0.2) is 0 Å². The molecule has 8 aromatic rings. The first-order valence-corrected chi connectivity index (χ1v) is 15.1. The second-order valence-corrected chi connectivity index (χ2v) is 13.2. The lowest BCUT2D eigenvalue weighted by Crippen LogP contribution is -1.79. The van der Waals surface area contributed by atoms with Crippen LogP contribution in [0.25, 0.3) is 71.0 Å². The average Bonchev–Trinajstić information content (AvgIpc) is 3.69. The molecule has 0 spiro atoms. The molecule has 0 fully saturated rings. The van der Waals surface area contributed by atoms with Gasteiger partial charge in [-0.1, -0.05) is 72.8 Å².